The Kier molecular flexibility index (Phi) is 3.19. The van der Waals surface area contributed by atoms with Crippen LogP contribution < -0.4 is 5.73 Å². The second-order valence-corrected chi connectivity index (χ2v) is 4.92. The molecule has 0 saturated carbocycles. The average Bonchev–Trinajstić information content (AvgIpc) is 2.45. The van der Waals surface area contributed by atoms with Crippen molar-refractivity contribution >= 4 is 28.5 Å². The molecule has 2 N–H and O–H groups in total. The first kappa shape index (κ1) is 12.7. The minimum absolute atomic E-state index is 0.0206. The number of hydrogen-bond acceptors (Lipinski definition) is 5. The summed E-state index contributed by atoms with van der Waals surface area (Å²) >= 11 is 0.983. The number of fused-ring (bicyclic) bond motifs is 1. The third-order valence-corrected chi connectivity index (χ3v) is 3.62. The lowest BCUT2D eigenvalue weighted by molar-refractivity contribution is 0.552. The molecule has 0 amide bonds. The summed E-state index contributed by atoms with van der Waals surface area (Å²) in [6, 6.07) is 8.04. The Morgan fingerprint density at radius 1 is 1.00 bits per heavy atom. The first-order chi connectivity index (χ1) is 9.65. The predicted molar refractivity (Wildman–Crippen MR) is 72.2 cm³/mol. The van der Waals surface area contributed by atoms with Crippen molar-refractivity contribution in [2.75, 3.05) is 5.73 Å². The van der Waals surface area contributed by atoms with Gasteiger partial charge in [-0.1, -0.05) is 18.2 Å². The molecule has 20 heavy (non-hydrogen) atoms. The summed E-state index contributed by atoms with van der Waals surface area (Å²) in [7, 11) is 0. The van der Waals surface area contributed by atoms with E-state index in [4.69, 9.17) is 5.73 Å². The van der Waals surface area contributed by atoms with Gasteiger partial charge in [0.2, 0.25) is 0 Å². The maximum atomic E-state index is 13.7. The molecule has 0 saturated heterocycles. The number of aromatic nitrogens is 3. The van der Waals surface area contributed by atoms with E-state index in [0.717, 1.165) is 22.7 Å². The van der Waals surface area contributed by atoms with Gasteiger partial charge in [-0.3, -0.25) is 0 Å². The van der Waals surface area contributed by atoms with Crippen LogP contribution in [0.25, 0.3) is 10.9 Å². The van der Waals surface area contributed by atoms with Crippen molar-refractivity contribution in [1.82, 2.24) is 15.0 Å². The molecule has 0 aliphatic rings. The van der Waals surface area contributed by atoms with Crippen molar-refractivity contribution in [2.45, 2.75) is 10.1 Å². The molecular formula is C13H8F2N4S. The molecule has 0 unspecified atom stereocenters. The summed E-state index contributed by atoms with van der Waals surface area (Å²) in [5, 5.41) is 1.28. The highest BCUT2D eigenvalue weighted by molar-refractivity contribution is 7.99. The fourth-order valence-corrected chi connectivity index (χ4v) is 2.55. The van der Waals surface area contributed by atoms with Crippen molar-refractivity contribution in [3.63, 3.8) is 0 Å². The van der Waals surface area contributed by atoms with Crippen LogP contribution in [0.1, 0.15) is 0 Å². The minimum atomic E-state index is -0.876. The summed E-state index contributed by atoms with van der Waals surface area (Å²) in [6.07, 6.45) is 1.38. The number of hydrogen-bond donors (Lipinski definition) is 1. The Hall–Kier alpha value is -2.28. The van der Waals surface area contributed by atoms with Crippen LogP contribution in [0.3, 0.4) is 0 Å². The summed E-state index contributed by atoms with van der Waals surface area (Å²) < 4.78 is 26.8. The second-order valence-electron chi connectivity index (χ2n) is 3.94. The highest BCUT2D eigenvalue weighted by atomic mass is 32.2. The molecule has 3 aromatic rings. The Morgan fingerprint density at radius 2 is 1.80 bits per heavy atom. The highest BCUT2D eigenvalue weighted by Crippen LogP contribution is 2.32. The molecule has 0 fully saturated rings. The Bertz CT molecular complexity index is 789. The van der Waals surface area contributed by atoms with Crippen molar-refractivity contribution < 1.29 is 8.78 Å². The molecule has 100 valence electrons. The zero-order valence-electron chi connectivity index (χ0n) is 10.0. The van der Waals surface area contributed by atoms with Crippen LogP contribution in [0.5, 0.6) is 0 Å². The van der Waals surface area contributed by atoms with Crippen molar-refractivity contribution in [1.29, 1.82) is 0 Å². The Balaban J connectivity index is 2.08. The quantitative estimate of drug-likeness (QED) is 0.735. The zero-order chi connectivity index (χ0) is 14.1. The summed E-state index contributed by atoms with van der Waals surface area (Å²) in [5.74, 6) is -1.99. The van der Waals surface area contributed by atoms with Gasteiger partial charge in [-0.15, -0.1) is 0 Å². The van der Waals surface area contributed by atoms with Gasteiger partial charge in [0.05, 0.1) is 5.52 Å². The van der Waals surface area contributed by atoms with Gasteiger partial charge in [0.15, 0.2) is 17.5 Å². The number of rotatable bonds is 2. The summed E-state index contributed by atoms with van der Waals surface area (Å²) in [4.78, 5) is 11.9. The van der Waals surface area contributed by atoms with Crippen molar-refractivity contribution in [3.8, 4) is 0 Å². The smallest absolute Gasteiger partial charge is 0.168 e. The largest absolute Gasteiger partial charge is 0.381 e. The molecular weight excluding hydrogens is 282 g/mol. The fourth-order valence-electron chi connectivity index (χ4n) is 1.69. The molecule has 2 heterocycles. The van der Waals surface area contributed by atoms with E-state index >= 15 is 0 Å². The third-order valence-electron chi connectivity index (χ3n) is 2.62. The number of benzene rings is 1. The number of anilines is 1. The van der Waals surface area contributed by atoms with E-state index in [-0.39, 0.29) is 10.8 Å². The molecule has 7 heteroatoms. The molecule has 0 bridgehead atoms. The Labute approximate surface area is 117 Å². The fraction of sp³-hybridized carbons (Fsp3) is 0. The van der Waals surface area contributed by atoms with E-state index in [9.17, 15) is 8.78 Å². The lowest BCUT2D eigenvalue weighted by Crippen LogP contribution is -1.99. The second kappa shape index (κ2) is 5.01. The van der Waals surface area contributed by atoms with Gasteiger partial charge in [-0.25, -0.2) is 23.7 Å². The molecule has 2 aromatic heterocycles. The van der Waals surface area contributed by atoms with Crippen LogP contribution in [0.15, 0.2) is 46.7 Å². The van der Waals surface area contributed by atoms with Gasteiger partial charge in [-0.05, 0) is 17.8 Å². The van der Waals surface area contributed by atoms with Gasteiger partial charge in [-0.2, -0.15) is 0 Å². The van der Waals surface area contributed by atoms with Gasteiger partial charge in [0.25, 0.3) is 0 Å². The van der Waals surface area contributed by atoms with E-state index in [1.165, 1.54) is 6.33 Å². The van der Waals surface area contributed by atoms with Crippen LogP contribution >= 0.6 is 11.8 Å². The first-order valence-electron chi connectivity index (χ1n) is 5.64. The van der Waals surface area contributed by atoms with Crippen molar-refractivity contribution in [2.24, 2.45) is 0 Å². The topological polar surface area (TPSA) is 64.7 Å². The van der Waals surface area contributed by atoms with E-state index in [1.54, 1.807) is 0 Å². The summed E-state index contributed by atoms with van der Waals surface area (Å²) in [6.45, 7) is 0. The zero-order valence-corrected chi connectivity index (χ0v) is 10.9. The molecule has 0 spiro atoms. The lowest BCUT2D eigenvalue weighted by atomic mass is 10.2. The molecule has 0 atom stereocenters. The van der Waals surface area contributed by atoms with Crippen LogP contribution in [0.4, 0.5) is 14.6 Å². The number of nitrogen functional groups attached to an aromatic ring is 1. The molecule has 0 aliphatic heterocycles. The van der Waals surface area contributed by atoms with Crippen LogP contribution in [0.2, 0.25) is 0 Å². The van der Waals surface area contributed by atoms with Crippen LogP contribution in [-0.4, -0.2) is 15.0 Å². The Morgan fingerprint density at radius 3 is 2.65 bits per heavy atom. The molecule has 0 radical (unpaired) electrons. The number of nitrogens with two attached hydrogens (primary N) is 1. The average molecular weight is 290 g/mol. The van der Waals surface area contributed by atoms with Crippen LogP contribution in [-0.2, 0) is 0 Å². The highest BCUT2D eigenvalue weighted by Gasteiger charge is 2.13. The monoisotopic (exact) mass is 290 g/mol. The minimum Gasteiger partial charge on any atom is -0.381 e. The van der Waals surface area contributed by atoms with Gasteiger partial charge in [0.1, 0.15) is 16.4 Å². The van der Waals surface area contributed by atoms with Gasteiger partial charge < -0.3 is 5.73 Å². The third kappa shape index (κ3) is 2.27. The number of para-hydroxylation sites is 1. The summed E-state index contributed by atoms with van der Waals surface area (Å²) in [5.41, 5.74) is 6.09. The predicted octanol–water partition coefficient (Wildman–Crippen LogP) is 3.04. The van der Waals surface area contributed by atoms with E-state index in [2.05, 4.69) is 15.0 Å². The number of nitrogens with zero attached hydrogens (tertiary/aromatic N) is 3. The standard InChI is InChI=1S/C13H8F2N4S/c14-8-5-9(15)13(19-11(8)16)20-12-7-3-1-2-4-10(7)17-6-18-12/h1-6H,(H2,16,19). The first-order valence-corrected chi connectivity index (χ1v) is 6.46. The maximum absolute atomic E-state index is 13.7. The SMILES string of the molecule is Nc1nc(Sc2ncnc3ccccc23)c(F)cc1F. The molecule has 4 nitrogen and oxygen atoms in total. The van der Waals surface area contributed by atoms with E-state index in [0.29, 0.717) is 11.1 Å². The molecule has 0 aliphatic carbocycles. The van der Waals surface area contributed by atoms with E-state index in [1.807, 2.05) is 24.3 Å². The number of pyridine rings is 1. The molecule has 3 rings (SSSR count). The van der Waals surface area contributed by atoms with Gasteiger partial charge >= 0.3 is 0 Å². The molecule has 1 aromatic carbocycles. The maximum Gasteiger partial charge on any atom is 0.168 e. The van der Waals surface area contributed by atoms with Crippen LogP contribution in [0, 0.1) is 11.6 Å². The van der Waals surface area contributed by atoms with E-state index < -0.39 is 11.6 Å². The normalized spacial score (nSPS) is 10.9. The lowest BCUT2D eigenvalue weighted by Gasteiger charge is -2.06. The van der Waals surface area contributed by atoms with Crippen molar-refractivity contribution in [3.05, 3.63) is 48.3 Å². The number of halogens is 2. The van der Waals surface area contributed by atoms with Gasteiger partial charge in [0, 0.05) is 11.5 Å².